The molecule has 2 aromatic rings. The fourth-order valence-corrected chi connectivity index (χ4v) is 3.73. The number of benzene rings is 2. The van der Waals surface area contributed by atoms with Gasteiger partial charge in [-0.05, 0) is 42.0 Å². The zero-order valence-corrected chi connectivity index (χ0v) is 17.6. The molecular formula is C20H21ClFN3O3S. The summed E-state index contributed by atoms with van der Waals surface area (Å²) in [6.45, 7) is 0.154. The molecule has 0 aliphatic carbocycles. The minimum Gasteiger partial charge on any atom is -0.372 e. The van der Waals surface area contributed by atoms with Gasteiger partial charge >= 0.3 is 0 Å². The molecule has 1 saturated heterocycles. The summed E-state index contributed by atoms with van der Waals surface area (Å²) in [5.74, 6) is -2.03. The zero-order valence-electron chi connectivity index (χ0n) is 16.0. The molecule has 3 rings (SSSR count). The highest BCUT2D eigenvalue weighted by atomic mass is 35.5. The van der Waals surface area contributed by atoms with Gasteiger partial charge in [0, 0.05) is 49.2 Å². The fraction of sp³-hybridized carbons (Fsp3) is 0.300. The van der Waals surface area contributed by atoms with Crippen molar-refractivity contribution in [2.45, 2.75) is 18.6 Å². The van der Waals surface area contributed by atoms with Gasteiger partial charge < -0.3 is 19.6 Å². The van der Waals surface area contributed by atoms with Crippen LogP contribution >= 0.6 is 23.5 Å². The van der Waals surface area contributed by atoms with Crippen LogP contribution in [0.5, 0.6) is 0 Å². The third kappa shape index (κ3) is 4.49. The normalized spacial score (nSPS) is 18.8. The van der Waals surface area contributed by atoms with Crippen molar-refractivity contribution in [3.05, 3.63) is 58.9 Å². The summed E-state index contributed by atoms with van der Waals surface area (Å²) < 4.78 is 15.4. The number of anilines is 2. The van der Waals surface area contributed by atoms with Crippen LogP contribution in [0.4, 0.5) is 15.8 Å². The molecule has 6 nitrogen and oxygen atoms in total. The standard InChI is InChI=1S/C20H21ClFN3O3S/c1-24(29-2)16-4-3-5-17(11-16)25-7-6-20(28,19(25)27)18(26)23-12-13-8-14(21)10-15(22)9-13/h3-5,8-11,28H,6-7,12H2,1-2H3,(H,23,26). The number of amides is 2. The van der Waals surface area contributed by atoms with Gasteiger partial charge in [0.05, 0.1) is 0 Å². The first kappa shape index (κ1) is 21.4. The molecule has 1 aliphatic rings. The van der Waals surface area contributed by atoms with E-state index in [2.05, 4.69) is 5.32 Å². The lowest BCUT2D eigenvalue weighted by Gasteiger charge is -2.23. The molecule has 1 fully saturated rings. The van der Waals surface area contributed by atoms with E-state index >= 15 is 0 Å². The minimum absolute atomic E-state index is 0.0375. The van der Waals surface area contributed by atoms with Crippen LogP contribution in [0.1, 0.15) is 12.0 Å². The lowest BCUT2D eigenvalue weighted by molar-refractivity contribution is -0.149. The van der Waals surface area contributed by atoms with E-state index in [1.165, 1.54) is 29.0 Å². The van der Waals surface area contributed by atoms with E-state index in [1.54, 1.807) is 6.07 Å². The van der Waals surface area contributed by atoms with E-state index < -0.39 is 23.2 Å². The quantitative estimate of drug-likeness (QED) is 0.537. The molecule has 1 atom stereocenters. The maximum Gasteiger partial charge on any atom is 0.268 e. The molecule has 0 saturated carbocycles. The number of hydrogen-bond acceptors (Lipinski definition) is 5. The first-order valence-corrected chi connectivity index (χ1v) is 10.5. The number of halogens is 2. The largest absolute Gasteiger partial charge is 0.372 e. The van der Waals surface area contributed by atoms with Gasteiger partial charge in [-0.2, -0.15) is 0 Å². The number of nitrogens with zero attached hydrogens (tertiary/aromatic N) is 2. The molecular weight excluding hydrogens is 417 g/mol. The van der Waals surface area contributed by atoms with Gasteiger partial charge in [-0.1, -0.05) is 29.6 Å². The van der Waals surface area contributed by atoms with Crippen molar-refractivity contribution < 1.29 is 19.1 Å². The molecule has 2 aromatic carbocycles. The van der Waals surface area contributed by atoms with Crippen LogP contribution in [0.2, 0.25) is 5.02 Å². The van der Waals surface area contributed by atoms with Gasteiger partial charge in [-0.15, -0.1) is 0 Å². The molecule has 154 valence electrons. The van der Waals surface area contributed by atoms with Crippen molar-refractivity contribution in [1.82, 2.24) is 5.32 Å². The van der Waals surface area contributed by atoms with Crippen LogP contribution in [0, 0.1) is 5.82 Å². The van der Waals surface area contributed by atoms with E-state index in [0.29, 0.717) is 11.3 Å². The first-order chi connectivity index (χ1) is 13.7. The van der Waals surface area contributed by atoms with E-state index in [0.717, 1.165) is 11.8 Å². The van der Waals surface area contributed by atoms with Crippen molar-refractivity contribution in [1.29, 1.82) is 0 Å². The molecule has 1 heterocycles. The number of aliphatic hydroxyl groups is 1. The van der Waals surface area contributed by atoms with Gasteiger partial charge in [0.25, 0.3) is 11.8 Å². The van der Waals surface area contributed by atoms with E-state index in [1.807, 2.05) is 35.8 Å². The molecule has 1 unspecified atom stereocenters. The summed E-state index contributed by atoms with van der Waals surface area (Å²) in [6.07, 6.45) is 1.90. The third-order valence-corrected chi connectivity index (χ3v) is 5.80. The summed E-state index contributed by atoms with van der Waals surface area (Å²) in [6, 6.07) is 11.2. The van der Waals surface area contributed by atoms with Gasteiger partial charge in [-0.25, -0.2) is 4.39 Å². The second-order valence-corrected chi connectivity index (χ2v) is 8.08. The Morgan fingerprint density at radius 2 is 2.14 bits per heavy atom. The summed E-state index contributed by atoms with van der Waals surface area (Å²) in [5, 5.41) is 13.5. The lowest BCUT2D eigenvalue weighted by atomic mass is 10.0. The van der Waals surface area contributed by atoms with Crippen molar-refractivity contribution in [3.8, 4) is 0 Å². The Morgan fingerprint density at radius 3 is 2.83 bits per heavy atom. The zero-order chi connectivity index (χ0) is 21.2. The van der Waals surface area contributed by atoms with E-state index in [-0.39, 0.29) is 24.5 Å². The van der Waals surface area contributed by atoms with Crippen molar-refractivity contribution in [2.24, 2.45) is 0 Å². The van der Waals surface area contributed by atoms with Crippen LogP contribution in [-0.4, -0.2) is 42.4 Å². The highest BCUT2D eigenvalue weighted by Crippen LogP contribution is 2.31. The topological polar surface area (TPSA) is 72.9 Å². The lowest BCUT2D eigenvalue weighted by Crippen LogP contribution is -2.52. The van der Waals surface area contributed by atoms with Gasteiger partial charge in [-0.3, -0.25) is 9.59 Å². The maximum absolute atomic E-state index is 13.4. The molecule has 0 bridgehead atoms. The average molecular weight is 438 g/mol. The molecule has 2 amide bonds. The van der Waals surface area contributed by atoms with Gasteiger partial charge in [0.2, 0.25) is 5.60 Å². The van der Waals surface area contributed by atoms with Crippen molar-refractivity contribution in [2.75, 3.05) is 29.1 Å². The second kappa shape index (κ2) is 8.61. The summed E-state index contributed by atoms with van der Waals surface area (Å²) in [5.41, 5.74) is -0.236. The van der Waals surface area contributed by atoms with Crippen LogP contribution in [0.25, 0.3) is 0 Å². The predicted octanol–water partition coefficient (Wildman–Crippen LogP) is 2.98. The number of hydrogen-bond donors (Lipinski definition) is 2. The first-order valence-electron chi connectivity index (χ1n) is 8.90. The molecule has 0 aromatic heterocycles. The van der Waals surface area contributed by atoms with Crippen LogP contribution in [-0.2, 0) is 16.1 Å². The highest BCUT2D eigenvalue weighted by molar-refractivity contribution is 7.99. The Morgan fingerprint density at radius 1 is 1.38 bits per heavy atom. The summed E-state index contributed by atoms with van der Waals surface area (Å²) >= 11 is 7.33. The van der Waals surface area contributed by atoms with Gasteiger partial charge in [0.1, 0.15) is 5.82 Å². The second-order valence-electron chi connectivity index (χ2n) is 6.73. The SMILES string of the molecule is CSN(C)c1cccc(N2CCC(O)(C(=O)NCc3cc(F)cc(Cl)c3)C2=O)c1. The summed E-state index contributed by atoms with van der Waals surface area (Å²) in [7, 11) is 1.90. The average Bonchev–Trinajstić information content (AvgIpc) is 3.01. The number of carbonyl (C=O) groups excluding carboxylic acids is 2. The van der Waals surface area contributed by atoms with E-state index in [9.17, 15) is 19.1 Å². The maximum atomic E-state index is 13.4. The molecule has 2 N–H and O–H groups in total. The van der Waals surface area contributed by atoms with Crippen LogP contribution < -0.4 is 14.5 Å². The molecule has 0 radical (unpaired) electrons. The van der Waals surface area contributed by atoms with E-state index in [4.69, 9.17) is 11.6 Å². The van der Waals surface area contributed by atoms with Crippen LogP contribution in [0.15, 0.2) is 42.5 Å². The van der Waals surface area contributed by atoms with Crippen molar-refractivity contribution in [3.63, 3.8) is 0 Å². The summed E-state index contributed by atoms with van der Waals surface area (Å²) in [4.78, 5) is 26.8. The Hall–Kier alpha value is -2.29. The molecule has 1 aliphatic heterocycles. The Labute approximate surface area is 177 Å². The minimum atomic E-state index is -2.17. The highest BCUT2D eigenvalue weighted by Gasteiger charge is 2.51. The number of nitrogens with one attached hydrogen (secondary N) is 1. The predicted molar refractivity (Wildman–Crippen MR) is 114 cm³/mol. The van der Waals surface area contributed by atoms with Gasteiger partial charge in [0.15, 0.2) is 0 Å². The van der Waals surface area contributed by atoms with Crippen molar-refractivity contribution >= 4 is 46.7 Å². The fourth-order valence-electron chi connectivity index (χ4n) is 3.17. The Kier molecular flexibility index (Phi) is 6.36. The molecule has 9 heteroatoms. The Balaban J connectivity index is 1.72. The number of carbonyl (C=O) groups is 2. The third-order valence-electron chi connectivity index (χ3n) is 4.83. The monoisotopic (exact) mass is 437 g/mol. The Bertz CT molecular complexity index is 925. The molecule has 29 heavy (non-hydrogen) atoms. The smallest absolute Gasteiger partial charge is 0.268 e. The van der Waals surface area contributed by atoms with Crippen LogP contribution in [0.3, 0.4) is 0 Å². The number of rotatable bonds is 6. The molecule has 0 spiro atoms.